The number of aromatic amines is 1. The van der Waals surface area contributed by atoms with Crippen LogP contribution in [0.5, 0.6) is 0 Å². The molecule has 0 bridgehead atoms. The van der Waals surface area contributed by atoms with E-state index in [4.69, 9.17) is 18.0 Å². The summed E-state index contributed by atoms with van der Waals surface area (Å²) in [7, 11) is 1.50. The van der Waals surface area contributed by atoms with E-state index < -0.39 is 0 Å². The molecule has 2 rings (SSSR count). The molecule has 1 heterocycles. The van der Waals surface area contributed by atoms with E-state index in [0.717, 1.165) is 53.3 Å². The van der Waals surface area contributed by atoms with E-state index in [1.807, 2.05) is 39.0 Å². The summed E-state index contributed by atoms with van der Waals surface area (Å²) < 4.78 is 0. The minimum absolute atomic E-state index is 0.737. The number of hydrogen-bond acceptors (Lipinski definition) is 4. The minimum Gasteiger partial charge on any atom is -0.397 e. The standard InChI is InChI=1S/C14H20N4S.C2H6.CH5N/c1-10(19)16-9-4-2-3-8-13-17-12-7-5-6-11(15)14(12)18-13;2*1-2/h5-7H,2-4,8-9,15H2,1H3,(H,16,19)(H,17,18);1-2H3;2H2,1H3. The molecule has 0 atom stereocenters. The van der Waals surface area contributed by atoms with Gasteiger partial charge in [0, 0.05) is 13.0 Å². The van der Waals surface area contributed by atoms with Crippen molar-refractivity contribution in [1.29, 1.82) is 0 Å². The molecule has 23 heavy (non-hydrogen) atoms. The Morgan fingerprint density at radius 2 is 1.91 bits per heavy atom. The molecule has 0 saturated carbocycles. The second kappa shape index (κ2) is 12.8. The van der Waals surface area contributed by atoms with Crippen molar-refractivity contribution in [2.24, 2.45) is 5.73 Å². The third kappa shape index (κ3) is 7.95. The molecular weight excluding hydrogens is 306 g/mol. The maximum atomic E-state index is 5.89. The number of aromatic nitrogens is 2. The van der Waals surface area contributed by atoms with Gasteiger partial charge in [0.05, 0.1) is 16.2 Å². The number of nitrogens with one attached hydrogen (secondary N) is 2. The number of nitrogens with two attached hydrogens (primary N) is 2. The quantitative estimate of drug-likeness (QED) is 0.368. The number of nitrogen functional groups attached to an aromatic ring is 1. The van der Waals surface area contributed by atoms with E-state index in [2.05, 4.69) is 21.0 Å². The average molecular weight is 338 g/mol. The van der Waals surface area contributed by atoms with Crippen molar-refractivity contribution in [1.82, 2.24) is 15.3 Å². The average Bonchev–Trinajstić information content (AvgIpc) is 2.99. The van der Waals surface area contributed by atoms with Crippen LogP contribution in [0.2, 0.25) is 0 Å². The van der Waals surface area contributed by atoms with E-state index in [1.54, 1.807) is 0 Å². The topological polar surface area (TPSA) is 92.7 Å². The fourth-order valence-electron chi connectivity index (χ4n) is 2.08. The smallest absolute Gasteiger partial charge is 0.111 e. The number of hydrogen-bond donors (Lipinski definition) is 4. The van der Waals surface area contributed by atoms with Crippen LogP contribution in [0, 0.1) is 0 Å². The molecule has 0 radical (unpaired) electrons. The first-order valence-electron chi connectivity index (χ1n) is 8.22. The lowest BCUT2D eigenvalue weighted by atomic mass is 10.2. The van der Waals surface area contributed by atoms with Crippen LogP contribution in [0.1, 0.15) is 45.9 Å². The molecule has 0 aliphatic heterocycles. The van der Waals surface area contributed by atoms with Gasteiger partial charge in [-0.1, -0.05) is 38.6 Å². The summed E-state index contributed by atoms with van der Waals surface area (Å²) in [5.74, 6) is 1.02. The fraction of sp³-hybridized carbons (Fsp3) is 0.529. The summed E-state index contributed by atoms with van der Waals surface area (Å²) in [5, 5.41) is 3.16. The highest BCUT2D eigenvalue weighted by molar-refractivity contribution is 7.80. The first-order valence-corrected chi connectivity index (χ1v) is 8.63. The first-order chi connectivity index (χ1) is 11.2. The molecule has 0 spiro atoms. The number of thiocarbonyl (C=S) groups is 1. The SMILES string of the molecule is CC.CC(=S)NCCCCCc1nc2c(N)cccc2[nH]1.CN. The monoisotopic (exact) mass is 337 g/mol. The minimum atomic E-state index is 0.737. The number of anilines is 1. The molecular formula is C17H31N5S. The van der Waals surface area contributed by atoms with Crippen molar-refractivity contribution < 1.29 is 0 Å². The maximum Gasteiger partial charge on any atom is 0.111 e. The summed E-state index contributed by atoms with van der Waals surface area (Å²) in [6.07, 6.45) is 4.39. The van der Waals surface area contributed by atoms with Crippen molar-refractivity contribution in [2.75, 3.05) is 19.3 Å². The molecule has 5 nitrogen and oxygen atoms in total. The number of aryl methyl sites for hydroxylation is 1. The summed E-state index contributed by atoms with van der Waals surface area (Å²) in [4.78, 5) is 8.73. The van der Waals surface area contributed by atoms with Gasteiger partial charge in [0.2, 0.25) is 0 Å². The molecule has 0 amide bonds. The van der Waals surface area contributed by atoms with Crippen molar-refractivity contribution in [3.05, 3.63) is 24.0 Å². The van der Waals surface area contributed by atoms with Crippen molar-refractivity contribution in [2.45, 2.75) is 46.5 Å². The number of rotatable bonds is 6. The fourth-order valence-corrected chi connectivity index (χ4v) is 2.18. The highest BCUT2D eigenvalue weighted by Crippen LogP contribution is 2.18. The largest absolute Gasteiger partial charge is 0.397 e. The number of fused-ring (bicyclic) bond motifs is 1. The zero-order chi connectivity index (χ0) is 17.7. The lowest BCUT2D eigenvalue weighted by Gasteiger charge is -2.02. The molecule has 1 aromatic heterocycles. The molecule has 0 saturated heterocycles. The molecule has 130 valence electrons. The Morgan fingerprint density at radius 3 is 2.52 bits per heavy atom. The van der Waals surface area contributed by atoms with E-state index >= 15 is 0 Å². The Kier molecular flexibility index (Phi) is 11.9. The van der Waals surface area contributed by atoms with E-state index in [9.17, 15) is 0 Å². The maximum absolute atomic E-state index is 5.89. The summed E-state index contributed by atoms with van der Waals surface area (Å²) in [6.45, 7) is 6.87. The summed E-state index contributed by atoms with van der Waals surface area (Å²) in [5.41, 5.74) is 13.0. The molecule has 0 aliphatic rings. The van der Waals surface area contributed by atoms with Crippen molar-refractivity contribution >= 4 is 33.9 Å². The Bertz CT molecular complexity index is 565. The predicted molar refractivity (Wildman–Crippen MR) is 106 cm³/mol. The first kappa shape index (κ1) is 21.3. The third-order valence-corrected chi connectivity index (χ3v) is 3.20. The highest BCUT2D eigenvalue weighted by Gasteiger charge is 2.04. The molecule has 6 N–H and O–H groups in total. The van der Waals surface area contributed by atoms with Gasteiger partial charge in [0.25, 0.3) is 0 Å². The second-order valence-corrected chi connectivity index (χ2v) is 5.33. The van der Waals surface area contributed by atoms with Crippen LogP contribution in [-0.4, -0.2) is 28.5 Å². The number of para-hydroxylation sites is 1. The van der Waals surface area contributed by atoms with E-state index in [0.29, 0.717) is 0 Å². The van der Waals surface area contributed by atoms with Crippen molar-refractivity contribution in [3.63, 3.8) is 0 Å². The molecule has 0 unspecified atom stereocenters. The van der Waals surface area contributed by atoms with E-state index in [-0.39, 0.29) is 0 Å². The van der Waals surface area contributed by atoms with Gasteiger partial charge in [0.1, 0.15) is 11.3 Å². The third-order valence-electron chi connectivity index (χ3n) is 3.06. The molecule has 1 aromatic carbocycles. The Morgan fingerprint density at radius 1 is 1.22 bits per heavy atom. The second-order valence-electron chi connectivity index (χ2n) is 4.72. The lowest BCUT2D eigenvalue weighted by molar-refractivity contribution is 0.655. The number of unbranched alkanes of at least 4 members (excludes halogenated alkanes) is 2. The Labute approximate surface area is 145 Å². The number of H-pyrrole nitrogens is 1. The van der Waals surface area contributed by atoms with Crippen molar-refractivity contribution in [3.8, 4) is 0 Å². The van der Waals surface area contributed by atoms with Crippen LogP contribution < -0.4 is 16.8 Å². The van der Waals surface area contributed by atoms with Crippen LogP contribution in [0.25, 0.3) is 11.0 Å². The predicted octanol–water partition coefficient (Wildman–Crippen LogP) is 3.40. The number of imidazole rings is 1. The van der Waals surface area contributed by atoms with Crippen LogP contribution in [0.3, 0.4) is 0 Å². The number of nitrogens with zero attached hydrogens (tertiary/aromatic N) is 1. The summed E-state index contributed by atoms with van der Waals surface area (Å²) in [6, 6.07) is 5.83. The van der Waals surface area contributed by atoms with Gasteiger partial charge in [0.15, 0.2) is 0 Å². The van der Waals surface area contributed by atoms with E-state index in [1.165, 1.54) is 13.5 Å². The van der Waals surface area contributed by atoms with Crippen LogP contribution in [0.4, 0.5) is 5.69 Å². The zero-order valence-electron chi connectivity index (χ0n) is 14.8. The van der Waals surface area contributed by atoms with Gasteiger partial charge < -0.3 is 21.8 Å². The Balaban J connectivity index is 0.00000112. The van der Waals surface area contributed by atoms with Gasteiger partial charge in [-0.25, -0.2) is 4.98 Å². The molecule has 0 aliphatic carbocycles. The molecule has 2 aromatic rings. The Hall–Kier alpha value is -1.66. The van der Waals surface area contributed by atoms with Gasteiger partial charge in [-0.3, -0.25) is 0 Å². The lowest BCUT2D eigenvalue weighted by Crippen LogP contribution is -2.19. The van der Waals surface area contributed by atoms with Crippen LogP contribution in [0.15, 0.2) is 18.2 Å². The van der Waals surface area contributed by atoms with Gasteiger partial charge in [-0.05, 0) is 38.9 Å². The molecule has 0 fully saturated rings. The highest BCUT2D eigenvalue weighted by atomic mass is 32.1. The van der Waals surface area contributed by atoms with Crippen LogP contribution in [-0.2, 0) is 6.42 Å². The van der Waals surface area contributed by atoms with Crippen LogP contribution >= 0.6 is 12.2 Å². The molecule has 6 heteroatoms. The summed E-state index contributed by atoms with van der Waals surface area (Å²) >= 11 is 4.96. The number of benzene rings is 1. The van der Waals surface area contributed by atoms with Gasteiger partial charge in [-0.2, -0.15) is 0 Å². The normalized spacial score (nSPS) is 9.43. The van der Waals surface area contributed by atoms with Gasteiger partial charge in [-0.15, -0.1) is 0 Å². The zero-order valence-corrected chi connectivity index (χ0v) is 15.6. The van der Waals surface area contributed by atoms with Gasteiger partial charge >= 0.3 is 0 Å².